The summed E-state index contributed by atoms with van der Waals surface area (Å²) in [5.41, 5.74) is -0.931. The molecule has 0 radical (unpaired) electrons. The third-order valence-electron chi connectivity index (χ3n) is 4.31. The van der Waals surface area contributed by atoms with Gasteiger partial charge in [-0.3, -0.25) is 9.80 Å². The van der Waals surface area contributed by atoms with Crippen LogP contribution in [0.15, 0.2) is 0 Å². The Hall–Kier alpha value is -1.50. The summed E-state index contributed by atoms with van der Waals surface area (Å²) in [6.07, 6.45) is -2.21. The summed E-state index contributed by atoms with van der Waals surface area (Å²) in [4.78, 5) is 26.0. The number of piperazine rings is 1. The smallest absolute Gasteiger partial charge is 0.407 e. The molecular formula is C15H28N2O5. The lowest BCUT2D eigenvalue weighted by Gasteiger charge is -2.56. The lowest BCUT2D eigenvalue weighted by Crippen LogP contribution is -2.72. The van der Waals surface area contributed by atoms with Crippen LogP contribution in [-0.4, -0.2) is 68.6 Å². The minimum Gasteiger partial charge on any atom is -0.465 e. The first-order valence-corrected chi connectivity index (χ1v) is 7.44. The zero-order valence-electron chi connectivity index (χ0n) is 14.2. The van der Waals surface area contributed by atoms with Crippen molar-refractivity contribution >= 4 is 12.2 Å². The van der Waals surface area contributed by atoms with Crippen molar-refractivity contribution in [1.29, 1.82) is 0 Å². The molecule has 0 spiro atoms. The molecule has 0 aromatic rings. The van der Waals surface area contributed by atoms with Gasteiger partial charge < -0.3 is 15.3 Å². The van der Waals surface area contributed by atoms with Crippen LogP contribution in [0.2, 0.25) is 0 Å². The fourth-order valence-corrected chi connectivity index (χ4v) is 3.32. The van der Waals surface area contributed by atoms with Gasteiger partial charge in [-0.15, -0.1) is 0 Å². The average molecular weight is 316 g/mol. The first-order chi connectivity index (χ1) is 9.82. The number of aliphatic hydroxyl groups excluding tert-OH is 1. The Morgan fingerprint density at radius 3 is 1.77 bits per heavy atom. The molecule has 0 aliphatic carbocycles. The van der Waals surface area contributed by atoms with Crippen LogP contribution in [0.3, 0.4) is 0 Å². The van der Waals surface area contributed by atoms with Crippen LogP contribution in [0.4, 0.5) is 9.59 Å². The highest BCUT2D eigenvalue weighted by Gasteiger charge is 2.52. The molecule has 0 bridgehead atoms. The van der Waals surface area contributed by atoms with Crippen molar-refractivity contribution in [3.05, 3.63) is 0 Å². The SMILES string of the molecule is CC(C)(C)C1CN(C(=O)O)C(CO)C(C(C)(C)C)N1C(=O)O. The first-order valence-electron chi connectivity index (χ1n) is 7.44. The summed E-state index contributed by atoms with van der Waals surface area (Å²) in [5, 5.41) is 28.9. The molecule has 7 heteroatoms. The molecule has 22 heavy (non-hydrogen) atoms. The number of amides is 2. The van der Waals surface area contributed by atoms with Gasteiger partial charge in [0.15, 0.2) is 0 Å². The maximum atomic E-state index is 11.9. The van der Waals surface area contributed by atoms with E-state index < -0.39 is 47.7 Å². The molecule has 0 aromatic heterocycles. The van der Waals surface area contributed by atoms with Crippen molar-refractivity contribution < 1.29 is 24.9 Å². The van der Waals surface area contributed by atoms with Gasteiger partial charge in [-0.2, -0.15) is 0 Å². The van der Waals surface area contributed by atoms with Crippen molar-refractivity contribution in [2.45, 2.75) is 59.7 Å². The number of hydrogen-bond donors (Lipinski definition) is 3. The summed E-state index contributed by atoms with van der Waals surface area (Å²) in [7, 11) is 0. The Bertz CT molecular complexity index is 438. The minimum absolute atomic E-state index is 0.0585. The second-order valence-corrected chi connectivity index (χ2v) is 8.07. The fraction of sp³-hybridized carbons (Fsp3) is 0.867. The third kappa shape index (κ3) is 3.45. The molecule has 3 atom stereocenters. The van der Waals surface area contributed by atoms with Crippen LogP contribution in [0.5, 0.6) is 0 Å². The van der Waals surface area contributed by atoms with Crippen molar-refractivity contribution in [2.24, 2.45) is 10.8 Å². The number of hydrogen-bond acceptors (Lipinski definition) is 3. The Morgan fingerprint density at radius 1 is 1.00 bits per heavy atom. The maximum Gasteiger partial charge on any atom is 0.407 e. The molecule has 3 unspecified atom stereocenters. The molecular weight excluding hydrogens is 288 g/mol. The van der Waals surface area contributed by atoms with E-state index >= 15 is 0 Å². The molecule has 1 aliphatic rings. The van der Waals surface area contributed by atoms with Gasteiger partial charge in [-0.05, 0) is 10.8 Å². The number of carboxylic acid groups (broad SMARTS) is 2. The van der Waals surface area contributed by atoms with E-state index in [9.17, 15) is 24.9 Å². The summed E-state index contributed by atoms with van der Waals surface area (Å²) in [6, 6.07) is -1.87. The Morgan fingerprint density at radius 2 is 1.50 bits per heavy atom. The number of carbonyl (C=O) groups is 2. The summed E-state index contributed by atoms with van der Waals surface area (Å²) in [6.45, 7) is 10.9. The second-order valence-electron chi connectivity index (χ2n) is 8.07. The molecule has 2 amide bonds. The summed E-state index contributed by atoms with van der Waals surface area (Å²) < 4.78 is 0. The molecule has 0 aromatic carbocycles. The summed E-state index contributed by atoms with van der Waals surface area (Å²) >= 11 is 0. The van der Waals surface area contributed by atoms with Gasteiger partial charge in [0.2, 0.25) is 0 Å². The van der Waals surface area contributed by atoms with E-state index in [1.165, 1.54) is 9.80 Å². The highest BCUT2D eigenvalue weighted by atomic mass is 16.4. The van der Waals surface area contributed by atoms with Gasteiger partial charge in [0.05, 0.1) is 24.7 Å². The van der Waals surface area contributed by atoms with Crippen molar-refractivity contribution in [3.63, 3.8) is 0 Å². The largest absolute Gasteiger partial charge is 0.465 e. The van der Waals surface area contributed by atoms with Crippen LogP contribution in [0.1, 0.15) is 41.5 Å². The van der Waals surface area contributed by atoms with Gasteiger partial charge >= 0.3 is 12.2 Å². The number of rotatable bonds is 1. The second kappa shape index (κ2) is 5.95. The summed E-state index contributed by atoms with van der Waals surface area (Å²) in [5.74, 6) is 0. The van der Waals surface area contributed by atoms with Crippen LogP contribution in [-0.2, 0) is 0 Å². The van der Waals surface area contributed by atoms with Crippen LogP contribution < -0.4 is 0 Å². The average Bonchev–Trinajstić information content (AvgIpc) is 2.33. The zero-order valence-corrected chi connectivity index (χ0v) is 14.2. The predicted octanol–water partition coefficient (Wildman–Crippen LogP) is 2.15. The maximum absolute atomic E-state index is 11.9. The van der Waals surface area contributed by atoms with Gasteiger partial charge in [0, 0.05) is 6.54 Å². The first kappa shape index (κ1) is 18.5. The van der Waals surface area contributed by atoms with Crippen LogP contribution in [0, 0.1) is 10.8 Å². The number of aliphatic hydroxyl groups is 1. The standard InChI is InChI=1S/C15H28N2O5/c1-14(2,3)10-7-16(12(19)20)9(8-18)11(15(4,5)6)17(10)13(21)22/h9-11,18H,7-8H2,1-6H3,(H,19,20)(H,21,22). The van der Waals surface area contributed by atoms with Crippen molar-refractivity contribution in [2.75, 3.05) is 13.2 Å². The monoisotopic (exact) mass is 316 g/mol. The van der Waals surface area contributed by atoms with Crippen LogP contribution >= 0.6 is 0 Å². The minimum atomic E-state index is -1.13. The molecule has 128 valence electrons. The van der Waals surface area contributed by atoms with Crippen molar-refractivity contribution in [1.82, 2.24) is 9.80 Å². The molecule has 3 N–H and O–H groups in total. The Kier molecular flexibility index (Phi) is 5.01. The predicted molar refractivity (Wildman–Crippen MR) is 82.0 cm³/mol. The molecule has 1 fully saturated rings. The molecule has 0 saturated carbocycles. The van der Waals surface area contributed by atoms with E-state index in [4.69, 9.17) is 0 Å². The third-order valence-corrected chi connectivity index (χ3v) is 4.31. The molecule has 1 saturated heterocycles. The molecule has 1 rings (SSSR count). The highest BCUT2D eigenvalue weighted by molar-refractivity contribution is 5.69. The fourth-order valence-electron chi connectivity index (χ4n) is 3.32. The van der Waals surface area contributed by atoms with E-state index in [0.717, 1.165) is 0 Å². The van der Waals surface area contributed by atoms with E-state index in [1.54, 1.807) is 0 Å². The lowest BCUT2D eigenvalue weighted by molar-refractivity contribution is -0.0825. The normalized spacial score (nSPS) is 27.0. The molecule has 1 aliphatic heterocycles. The van der Waals surface area contributed by atoms with Gasteiger partial charge in [-0.1, -0.05) is 41.5 Å². The quantitative estimate of drug-likeness (QED) is 0.688. The van der Waals surface area contributed by atoms with E-state index in [0.29, 0.717) is 0 Å². The highest BCUT2D eigenvalue weighted by Crippen LogP contribution is 2.39. The van der Waals surface area contributed by atoms with E-state index in [1.807, 2.05) is 41.5 Å². The van der Waals surface area contributed by atoms with Crippen LogP contribution in [0.25, 0.3) is 0 Å². The van der Waals surface area contributed by atoms with E-state index in [-0.39, 0.29) is 6.54 Å². The zero-order chi connectivity index (χ0) is 17.5. The van der Waals surface area contributed by atoms with E-state index in [2.05, 4.69) is 0 Å². The van der Waals surface area contributed by atoms with Gasteiger partial charge in [0.25, 0.3) is 0 Å². The number of nitrogens with zero attached hydrogens (tertiary/aromatic N) is 2. The Labute approximate surface area is 131 Å². The lowest BCUT2D eigenvalue weighted by atomic mass is 9.74. The van der Waals surface area contributed by atoms with Gasteiger partial charge in [0.1, 0.15) is 0 Å². The topological polar surface area (TPSA) is 101 Å². The Balaban J connectivity index is 3.46. The van der Waals surface area contributed by atoms with Gasteiger partial charge in [-0.25, -0.2) is 9.59 Å². The van der Waals surface area contributed by atoms with Crippen molar-refractivity contribution in [3.8, 4) is 0 Å². The molecule has 7 nitrogen and oxygen atoms in total. The molecule has 1 heterocycles.